The Kier molecular flexibility index (Phi) is 5.18. The lowest BCUT2D eigenvalue weighted by Crippen LogP contribution is -2.06. The number of aliphatic hydroxyl groups excluding tert-OH is 1. The minimum atomic E-state index is -0.711. The fourth-order valence-corrected chi connectivity index (χ4v) is 2.61. The first kappa shape index (κ1) is 14.3. The molecule has 1 aromatic heterocycles. The maximum atomic E-state index is 10.1. The molecule has 19 heavy (non-hydrogen) atoms. The van der Waals surface area contributed by atoms with E-state index in [0.29, 0.717) is 17.3 Å². The number of rotatable bonds is 5. The van der Waals surface area contributed by atoms with Crippen LogP contribution in [0.15, 0.2) is 46.0 Å². The Morgan fingerprint density at radius 1 is 1.26 bits per heavy atom. The summed E-state index contributed by atoms with van der Waals surface area (Å²) in [4.78, 5) is 9.23. The van der Waals surface area contributed by atoms with Crippen molar-refractivity contribution in [2.75, 3.05) is 12.9 Å². The molecule has 6 heteroatoms. The highest BCUT2D eigenvalue weighted by molar-refractivity contribution is 9.10. The molecule has 0 radical (unpaired) electrons. The van der Waals surface area contributed by atoms with Gasteiger partial charge in [-0.05, 0) is 24.3 Å². The van der Waals surface area contributed by atoms with Crippen LogP contribution in [0.1, 0.15) is 11.8 Å². The van der Waals surface area contributed by atoms with Crippen LogP contribution in [0.25, 0.3) is 0 Å². The summed E-state index contributed by atoms with van der Waals surface area (Å²) in [6.45, 7) is 0. The number of ether oxygens (including phenoxy) is 1. The van der Waals surface area contributed by atoms with Crippen LogP contribution in [0.4, 0.5) is 0 Å². The zero-order valence-electron chi connectivity index (χ0n) is 10.3. The van der Waals surface area contributed by atoms with E-state index < -0.39 is 6.10 Å². The average molecular weight is 341 g/mol. The molecule has 1 heterocycles. The fraction of sp³-hybridized carbons (Fsp3) is 0.231. The first-order chi connectivity index (χ1) is 9.20. The van der Waals surface area contributed by atoms with Crippen molar-refractivity contribution in [1.82, 2.24) is 9.97 Å². The number of methoxy groups -OCH3 is 1. The molecule has 2 aromatic rings. The summed E-state index contributed by atoms with van der Waals surface area (Å²) < 4.78 is 6.12. The first-order valence-electron chi connectivity index (χ1n) is 5.62. The van der Waals surface area contributed by atoms with Gasteiger partial charge in [-0.3, -0.25) is 4.98 Å². The predicted molar refractivity (Wildman–Crippen MR) is 78.4 cm³/mol. The van der Waals surface area contributed by atoms with Crippen molar-refractivity contribution in [3.05, 3.63) is 46.8 Å². The van der Waals surface area contributed by atoms with E-state index >= 15 is 0 Å². The highest BCUT2D eigenvalue weighted by Gasteiger charge is 2.16. The van der Waals surface area contributed by atoms with E-state index in [0.717, 1.165) is 9.37 Å². The van der Waals surface area contributed by atoms with E-state index in [9.17, 15) is 5.11 Å². The van der Waals surface area contributed by atoms with Crippen LogP contribution in [-0.4, -0.2) is 27.9 Å². The number of nitrogens with zero attached hydrogens (tertiary/aromatic N) is 2. The van der Waals surface area contributed by atoms with Gasteiger partial charge in [0.05, 0.1) is 7.11 Å². The predicted octanol–water partition coefficient (Wildman–Crippen LogP) is 3.07. The van der Waals surface area contributed by atoms with Crippen molar-refractivity contribution in [2.24, 2.45) is 0 Å². The zero-order valence-corrected chi connectivity index (χ0v) is 12.7. The van der Waals surface area contributed by atoms with Crippen LogP contribution in [0.2, 0.25) is 0 Å². The lowest BCUT2D eigenvalue weighted by Gasteiger charge is -2.12. The van der Waals surface area contributed by atoms with Crippen LogP contribution in [0.5, 0.6) is 5.88 Å². The molecule has 0 bridgehead atoms. The highest BCUT2D eigenvalue weighted by Crippen LogP contribution is 2.27. The Morgan fingerprint density at radius 3 is 2.63 bits per heavy atom. The molecule has 0 spiro atoms. The maximum Gasteiger partial charge on any atom is 0.238 e. The number of aromatic nitrogens is 2. The average Bonchev–Trinajstić information content (AvgIpc) is 2.46. The lowest BCUT2D eigenvalue weighted by molar-refractivity contribution is 0.192. The number of hydrogen-bond donors (Lipinski definition) is 1. The molecule has 4 nitrogen and oxygen atoms in total. The molecule has 1 atom stereocenters. The topological polar surface area (TPSA) is 55.2 Å². The van der Waals surface area contributed by atoms with Crippen LogP contribution in [0.3, 0.4) is 0 Å². The van der Waals surface area contributed by atoms with Gasteiger partial charge in [0.15, 0.2) is 0 Å². The Bertz CT molecular complexity index is 536. The van der Waals surface area contributed by atoms with Gasteiger partial charge in [0.1, 0.15) is 11.8 Å². The number of halogens is 1. The molecule has 0 saturated heterocycles. The van der Waals surface area contributed by atoms with Gasteiger partial charge in [0.2, 0.25) is 5.88 Å². The summed E-state index contributed by atoms with van der Waals surface area (Å²) >= 11 is 4.94. The van der Waals surface area contributed by atoms with Gasteiger partial charge in [-0.2, -0.15) is 0 Å². The van der Waals surface area contributed by atoms with Gasteiger partial charge in [-0.1, -0.05) is 15.9 Å². The smallest absolute Gasteiger partial charge is 0.238 e. The second-order valence-electron chi connectivity index (χ2n) is 3.73. The van der Waals surface area contributed by atoms with Crippen molar-refractivity contribution in [3.63, 3.8) is 0 Å². The molecule has 0 aliphatic carbocycles. The lowest BCUT2D eigenvalue weighted by atomic mass is 10.3. The molecule has 2 rings (SSSR count). The summed E-state index contributed by atoms with van der Waals surface area (Å²) in [7, 11) is 1.52. The molecular weight excluding hydrogens is 328 g/mol. The van der Waals surface area contributed by atoms with Crippen molar-refractivity contribution < 1.29 is 9.84 Å². The number of hydrogen-bond acceptors (Lipinski definition) is 5. The largest absolute Gasteiger partial charge is 0.480 e. The van der Waals surface area contributed by atoms with Crippen molar-refractivity contribution in [1.29, 1.82) is 0 Å². The second kappa shape index (κ2) is 6.88. The van der Waals surface area contributed by atoms with Crippen LogP contribution < -0.4 is 4.74 Å². The molecule has 0 fully saturated rings. The molecule has 1 aromatic carbocycles. The van der Waals surface area contributed by atoms with E-state index in [1.165, 1.54) is 13.3 Å². The summed E-state index contributed by atoms with van der Waals surface area (Å²) in [5.41, 5.74) is 0.467. The standard InChI is InChI=1S/C13H13BrN2O2S/c1-18-13-12(15-6-7-16-13)11(17)8-19-10-4-2-9(14)3-5-10/h2-7,11,17H,8H2,1H3. The van der Waals surface area contributed by atoms with Crippen molar-refractivity contribution in [2.45, 2.75) is 11.0 Å². The third kappa shape index (κ3) is 3.92. The number of thioether (sulfide) groups is 1. The van der Waals surface area contributed by atoms with Gasteiger partial charge in [0, 0.05) is 27.5 Å². The zero-order chi connectivity index (χ0) is 13.7. The summed E-state index contributed by atoms with van der Waals surface area (Å²) in [5, 5.41) is 10.1. The normalized spacial score (nSPS) is 12.2. The Balaban J connectivity index is 2.01. The van der Waals surface area contributed by atoms with E-state index in [-0.39, 0.29) is 0 Å². The monoisotopic (exact) mass is 340 g/mol. The van der Waals surface area contributed by atoms with Gasteiger partial charge in [0.25, 0.3) is 0 Å². The number of aliphatic hydroxyl groups is 1. The minimum Gasteiger partial charge on any atom is -0.480 e. The molecule has 1 N–H and O–H groups in total. The van der Waals surface area contributed by atoms with Crippen molar-refractivity contribution >= 4 is 27.7 Å². The van der Waals surface area contributed by atoms with E-state index in [1.54, 1.807) is 18.0 Å². The number of benzene rings is 1. The Morgan fingerprint density at radius 2 is 1.95 bits per heavy atom. The SMILES string of the molecule is COc1nccnc1C(O)CSc1ccc(Br)cc1. The van der Waals surface area contributed by atoms with E-state index in [1.807, 2.05) is 24.3 Å². The molecule has 0 aliphatic heterocycles. The van der Waals surface area contributed by atoms with Gasteiger partial charge in [-0.25, -0.2) is 4.98 Å². The molecule has 0 aliphatic rings. The van der Waals surface area contributed by atoms with Crippen LogP contribution in [0, 0.1) is 0 Å². The second-order valence-corrected chi connectivity index (χ2v) is 5.74. The molecule has 0 amide bonds. The molecule has 100 valence electrons. The van der Waals surface area contributed by atoms with Crippen LogP contribution >= 0.6 is 27.7 Å². The van der Waals surface area contributed by atoms with Gasteiger partial charge < -0.3 is 9.84 Å². The van der Waals surface area contributed by atoms with E-state index in [4.69, 9.17) is 4.74 Å². The van der Waals surface area contributed by atoms with E-state index in [2.05, 4.69) is 25.9 Å². The van der Waals surface area contributed by atoms with Gasteiger partial charge >= 0.3 is 0 Å². The quantitative estimate of drug-likeness (QED) is 0.847. The Hall–Kier alpha value is -1.11. The minimum absolute atomic E-state index is 0.367. The summed E-state index contributed by atoms with van der Waals surface area (Å²) in [6.07, 6.45) is 2.37. The maximum absolute atomic E-state index is 10.1. The molecular formula is C13H13BrN2O2S. The Labute approximate surface area is 124 Å². The van der Waals surface area contributed by atoms with Crippen molar-refractivity contribution in [3.8, 4) is 5.88 Å². The summed E-state index contributed by atoms with van der Waals surface area (Å²) in [6, 6.07) is 7.93. The summed E-state index contributed by atoms with van der Waals surface area (Å²) in [5.74, 6) is 0.864. The molecule has 1 unspecified atom stereocenters. The fourth-order valence-electron chi connectivity index (χ4n) is 1.51. The van der Waals surface area contributed by atoms with Crippen LogP contribution in [-0.2, 0) is 0 Å². The third-order valence-corrected chi connectivity index (χ3v) is 4.04. The first-order valence-corrected chi connectivity index (χ1v) is 7.40. The van der Waals surface area contributed by atoms with Gasteiger partial charge in [-0.15, -0.1) is 11.8 Å². The molecule has 0 saturated carbocycles. The third-order valence-electron chi connectivity index (χ3n) is 2.42. The highest BCUT2D eigenvalue weighted by atomic mass is 79.9.